The molecule has 1 spiro atoms. The minimum Gasteiger partial charge on any atom is -0.492 e. The van der Waals surface area contributed by atoms with E-state index in [2.05, 4.69) is 0 Å². The van der Waals surface area contributed by atoms with E-state index in [-0.39, 0.29) is 11.3 Å². The molecule has 4 heteroatoms. The van der Waals surface area contributed by atoms with E-state index in [9.17, 15) is 4.79 Å². The number of para-hydroxylation sites is 1. The lowest BCUT2D eigenvalue weighted by Gasteiger charge is -2.22. The van der Waals surface area contributed by atoms with Gasteiger partial charge in [0.05, 0.1) is 18.8 Å². The average Bonchev–Trinajstić information content (AvgIpc) is 3.12. The van der Waals surface area contributed by atoms with E-state index in [1.807, 2.05) is 29.2 Å². The Balaban J connectivity index is 1.47. The molecule has 2 aliphatic heterocycles. The molecular weight excluding hydrogens is 278 g/mol. The fourth-order valence-electron chi connectivity index (χ4n) is 3.51. The van der Waals surface area contributed by atoms with E-state index in [0.717, 1.165) is 51.5 Å². The van der Waals surface area contributed by atoms with Crippen LogP contribution in [0.4, 0.5) is 0 Å². The Morgan fingerprint density at radius 3 is 2.95 bits per heavy atom. The van der Waals surface area contributed by atoms with Crippen LogP contribution in [0.25, 0.3) is 0 Å². The Labute approximate surface area is 131 Å². The summed E-state index contributed by atoms with van der Waals surface area (Å²) in [7, 11) is 0. The monoisotopic (exact) mass is 301 g/mol. The van der Waals surface area contributed by atoms with Crippen molar-refractivity contribution < 1.29 is 14.3 Å². The number of hydrogen-bond donors (Lipinski definition) is 0. The molecule has 1 aromatic rings. The van der Waals surface area contributed by atoms with Crippen LogP contribution in [0, 0.1) is 11.3 Å². The largest absolute Gasteiger partial charge is 0.492 e. The highest BCUT2D eigenvalue weighted by atomic mass is 16.5. The van der Waals surface area contributed by atoms with E-state index in [1.165, 1.54) is 12.8 Å². The topological polar surface area (TPSA) is 38.8 Å². The summed E-state index contributed by atoms with van der Waals surface area (Å²) in [6, 6.07) is 7.66. The number of benzene rings is 1. The predicted octanol–water partition coefficient (Wildman–Crippen LogP) is 2.73. The van der Waals surface area contributed by atoms with Crippen LogP contribution in [0.15, 0.2) is 24.3 Å². The number of amides is 1. The number of likely N-dealkylation sites (tertiary alicyclic amines) is 1. The van der Waals surface area contributed by atoms with E-state index < -0.39 is 0 Å². The number of nitrogens with zero attached hydrogens (tertiary/aromatic N) is 1. The molecule has 1 amide bonds. The molecule has 0 radical (unpaired) electrons. The van der Waals surface area contributed by atoms with Gasteiger partial charge in [0.15, 0.2) is 0 Å². The summed E-state index contributed by atoms with van der Waals surface area (Å²) >= 11 is 0. The second kappa shape index (κ2) is 5.58. The van der Waals surface area contributed by atoms with E-state index in [0.29, 0.717) is 11.5 Å². The minimum absolute atomic E-state index is 0.107. The number of carbonyl (C=O) groups is 1. The van der Waals surface area contributed by atoms with Gasteiger partial charge in [0, 0.05) is 25.1 Å². The molecule has 0 bridgehead atoms. The zero-order chi connectivity index (χ0) is 15.0. The molecule has 0 unspecified atom stereocenters. The van der Waals surface area contributed by atoms with Gasteiger partial charge >= 0.3 is 0 Å². The summed E-state index contributed by atoms with van der Waals surface area (Å²) in [5.41, 5.74) is 0.915. The van der Waals surface area contributed by atoms with Gasteiger partial charge in [-0.25, -0.2) is 0 Å². The van der Waals surface area contributed by atoms with Gasteiger partial charge in [0.2, 0.25) is 0 Å². The van der Waals surface area contributed by atoms with Gasteiger partial charge in [0.1, 0.15) is 5.75 Å². The van der Waals surface area contributed by atoms with Gasteiger partial charge in [-0.1, -0.05) is 12.1 Å². The summed E-state index contributed by atoms with van der Waals surface area (Å²) < 4.78 is 11.4. The Hall–Kier alpha value is -1.55. The molecule has 4 nitrogen and oxygen atoms in total. The molecule has 2 heterocycles. The molecule has 118 valence electrons. The molecule has 1 aromatic carbocycles. The van der Waals surface area contributed by atoms with Crippen molar-refractivity contribution in [3.05, 3.63) is 29.8 Å². The second-order valence-corrected chi connectivity index (χ2v) is 7.03. The van der Waals surface area contributed by atoms with Gasteiger partial charge < -0.3 is 14.4 Å². The Morgan fingerprint density at radius 2 is 2.18 bits per heavy atom. The maximum absolute atomic E-state index is 12.9. The first kappa shape index (κ1) is 14.1. The van der Waals surface area contributed by atoms with Crippen LogP contribution >= 0.6 is 0 Å². The van der Waals surface area contributed by atoms with Gasteiger partial charge in [-0.05, 0) is 43.7 Å². The molecule has 0 aromatic heterocycles. The minimum atomic E-state index is 0.107. The van der Waals surface area contributed by atoms with Crippen molar-refractivity contribution in [3.63, 3.8) is 0 Å². The van der Waals surface area contributed by atoms with Crippen LogP contribution in [0.2, 0.25) is 0 Å². The van der Waals surface area contributed by atoms with Crippen molar-refractivity contribution in [1.82, 2.24) is 4.90 Å². The number of carbonyl (C=O) groups excluding carboxylic acids is 1. The Bertz CT molecular complexity index is 561. The third-order valence-electron chi connectivity index (χ3n) is 5.20. The summed E-state index contributed by atoms with van der Waals surface area (Å²) in [6.45, 7) is 4.03. The van der Waals surface area contributed by atoms with Gasteiger partial charge in [0.25, 0.3) is 5.91 Å². The highest BCUT2D eigenvalue weighted by molar-refractivity contribution is 5.97. The molecule has 3 aliphatic rings. The molecule has 1 saturated carbocycles. The van der Waals surface area contributed by atoms with Crippen molar-refractivity contribution in [1.29, 1.82) is 0 Å². The van der Waals surface area contributed by atoms with Crippen molar-refractivity contribution in [2.75, 3.05) is 32.9 Å². The Morgan fingerprint density at radius 1 is 1.32 bits per heavy atom. The van der Waals surface area contributed by atoms with Crippen LogP contribution in [0.3, 0.4) is 0 Å². The van der Waals surface area contributed by atoms with Crippen molar-refractivity contribution in [2.45, 2.75) is 25.7 Å². The summed E-state index contributed by atoms with van der Waals surface area (Å²) in [5, 5.41) is 0. The van der Waals surface area contributed by atoms with Crippen LogP contribution in [0.1, 0.15) is 36.0 Å². The molecule has 2 saturated heterocycles. The second-order valence-electron chi connectivity index (χ2n) is 7.03. The quantitative estimate of drug-likeness (QED) is 0.858. The lowest BCUT2D eigenvalue weighted by molar-refractivity contribution is 0.0761. The van der Waals surface area contributed by atoms with Crippen LogP contribution in [-0.4, -0.2) is 43.7 Å². The number of hydrogen-bond acceptors (Lipinski definition) is 3. The van der Waals surface area contributed by atoms with Crippen LogP contribution in [0.5, 0.6) is 5.75 Å². The SMILES string of the molecule is O=C(c1ccccc1OCC1CC1)N1CC[C@]2(CCOC2)C1. The molecule has 3 fully saturated rings. The third kappa shape index (κ3) is 2.72. The average molecular weight is 301 g/mol. The number of rotatable bonds is 4. The van der Waals surface area contributed by atoms with Gasteiger partial charge in [-0.3, -0.25) is 4.79 Å². The van der Waals surface area contributed by atoms with Gasteiger partial charge in [-0.2, -0.15) is 0 Å². The van der Waals surface area contributed by atoms with E-state index in [1.54, 1.807) is 0 Å². The van der Waals surface area contributed by atoms with E-state index >= 15 is 0 Å². The fraction of sp³-hybridized carbons (Fsp3) is 0.611. The van der Waals surface area contributed by atoms with E-state index in [4.69, 9.17) is 9.47 Å². The van der Waals surface area contributed by atoms with Crippen LogP contribution < -0.4 is 4.74 Å². The molecule has 22 heavy (non-hydrogen) atoms. The van der Waals surface area contributed by atoms with Crippen LogP contribution in [-0.2, 0) is 4.74 Å². The summed E-state index contributed by atoms with van der Waals surface area (Å²) in [5.74, 6) is 1.53. The highest BCUT2D eigenvalue weighted by Gasteiger charge is 2.43. The zero-order valence-electron chi connectivity index (χ0n) is 12.9. The summed E-state index contributed by atoms with van der Waals surface area (Å²) in [4.78, 5) is 14.9. The normalized spacial score (nSPS) is 27.5. The molecule has 0 N–H and O–H groups in total. The molecular formula is C18H23NO3. The highest BCUT2D eigenvalue weighted by Crippen LogP contribution is 2.39. The predicted molar refractivity (Wildman–Crippen MR) is 83.1 cm³/mol. The summed E-state index contributed by atoms with van der Waals surface area (Å²) in [6.07, 6.45) is 4.65. The molecule has 4 rings (SSSR count). The molecule has 1 aliphatic carbocycles. The molecule has 1 atom stereocenters. The smallest absolute Gasteiger partial charge is 0.257 e. The van der Waals surface area contributed by atoms with Crippen molar-refractivity contribution in [3.8, 4) is 5.75 Å². The zero-order valence-corrected chi connectivity index (χ0v) is 12.9. The van der Waals surface area contributed by atoms with Gasteiger partial charge in [-0.15, -0.1) is 0 Å². The first-order valence-electron chi connectivity index (χ1n) is 8.35. The Kier molecular flexibility index (Phi) is 3.57. The third-order valence-corrected chi connectivity index (χ3v) is 5.20. The van der Waals surface area contributed by atoms with Crippen molar-refractivity contribution >= 4 is 5.91 Å². The van der Waals surface area contributed by atoms with Crippen molar-refractivity contribution in [2.24, 2.45) is 11.3 Å². The number of ether oxygens (including phenoxy) is 2. The fourth-order valence-corrected chi connectivity index (χ4v) is 3.51. The lowest BCUT2D eigenvalue weighted by Crippen LogP contribution is -2.32. The maximum Gasteiger partial charge on any atom is 0.257 e. The first-order chi connectivity index (χ1) is 10.8. The first-order valence-corrected chi connectivity index (χ1v) is 8.35. The maximum atomic E-state index is 12.9. The standard InChI is InChI=1S/C18H23NO3/c20-17(19-9-7-18(12-19)8-10-21-13-18)15-3-1-2-4-16(15)22-11-14-5-6-14/h1-4,14H,5-13H2/t18-/m0/s1. The lowest BCUT2D eigenvalue weighted by atomic mass is 9.87.